The van der Waals surface area contributed by atoms with Crippen molar-refractivity contribution in [1.29, 1.82) is 0 Å². The smallest absolute Gasteiger partial charge is 0.343 e. The molecule has 1 aromatic rings. The molecule has 8 nitrogen and oxygen atoms in total. The number of H-pyrrole nitrogens is 1. The van der Waals surface area contributed by atoms with Crippen molar-refractivity contribution in [3.05, 3.63) is 16.3 Å². The van der Waals surface area contributed by atoms with E-state index in [1.807, 2.05) is 6.92 Å². The zero-order valence-corrected chi connectivity index (χ0v) is 13.1. The van der Waals surface area contributed by atoms with Crippen molar-refractivity contribution in [2.45, 2.75) is 19.9 Å². The van der Waals surface area contributed by atoms with Gasteiger partial charge in [-0.15, -0.1) is 0 Å². The Morgan fingerprint density at radius 1 is 1.59 bits per heavy atom. The van der Waals surface area contributed by atoms with Gasteiger partial charge in [-0.2, -0.15) is 5.10 Å². The number of nitrogens with one attached hydrogen (secondary N) is 2. The quantitative estimate of drug-likeness (QED) is 0.751. The number of aryl methyl sites for hydroxylation is 1. The van der Waals surface area contributed by atoms with Crippen LogP contribution in [0.15, 0.2) is 4.79 Å². The highest BCUT2D eigenvalue weighted by Gasteiger charge is 2.53. The Bertz CT molecular complexity index is 610. The van der Waals surface area contributed by atoms with E-state index in [1.165, 1.54) is 4.68 Å². The molecule has 2 fully saturated rings. The minimum atomic E-state index is -0.372. The average molecular weight is 309 g/mol. The molecule has 2 aliphatic heterocycles. The van der Waals surface area contributed by atoms with Crippen LogP contribution in [0.25, 0.3) is 0 Å². The zero-order valence-electron chi connectivity index (χ0n) is 13.1. The predicted molar refractivity (Wildman–Crippen MR) is 79.1 cm³/mol. The molecule has 2 N–H and O–H groups in total. The Kier molecular flexibility index (Phi) is 4.05. The molecule has 0 aromatic carbocycles. The fraction of sp³-hybridized carbons (Fsp3) is 0.786. The first-order valence-electron chi connectivity index (χ1n) is 7.76. The number of hydrogen-bond acceptors (Lipinski definition) is 5. The molecule has 1 amide bonds. The molecule has 22 heavy (non-hydrogen) atoms. The number of fused-ring (bicyclic) bond motifs is 1. The van der Waals surface area contributed by atoms with Crippen LogP contribution in [0.1, 0.15) is 19.2 Å². The second-order valence-corrected chi connectivity index (χ2v) is 6.21. The van der Waals surface area contributed by atoms with Gasteiger partial charge in [0.1, 0.15) is 5.82 Å². The van der Waals surface area contributed by atoms with Crippen LogP contribution >= 0.6 is 0 Å². The van der Waals surface area contributed by atoms with Crippen LogP contribution < -0.4 is 11.0 Å². The maximum Gasteiger partial charge on any atom is 0.343 e. The summed E-state index contributed by atoms with van der Waals surface area (Å²) in [5.41, 5.74) is -0.586. The van der Waals surface area contributed by atoms with Crippen molar-refractivity contribution in [1.82, 2.24) is 25.0 Å². The third-order valence-corrected chi connectivity index (χ3v) is 4.76. The molecule has 0 aliphatic carbocycles. The molecule has 2 saturated heterocycles. The van der Waals surface area contributed by atoms with Gasteiger partial charge in [0.2, 0.25) is 5.91 Å². The van der Waals surface area contributed by atoms with Crippen LogP contribution in [0, 0.1) is 11.3 Å². The van der Waals surface area contributed by atoms with Crippen molar-refractivity contribution in [3.8, 4) is 0 Å². The lowest BCUT2D eigenvalue weighted by atomic mass is 9.73. The van der Waals surface area contributed by atoms with E-state index in [-0.39, 0.29) is 22.9 Å². The molecule has 0 radical (unpaired) electrons. The summed E-state index contributed by atoms with van der Waals surface area (Å²) in [7, 11) is 1.62. The number of nitrogens with zero attached hydrogens (tertiary/aromatic N) is 3. The third-order valence-electron chi connectivity index (χ3n) is 4.76. The number of ether oxygens (including phenoxy) is 1. The zero-order chi connectivity index (χ0) is 15.7. The molecule has 2 unspecified atom stereocenters. The van der Waals surface area contributed by atoms with Gasteiger partial charge in [-0.25, -0.2) is 9.48 Å². The number of likely N-dealkylation sites (tertiary alicyclic amines) is 1. The van der Waals surface area contributed by atoms with Gasteiger partial charge in [-0.05, 0) is 13.3 Å². The molecule has 3 heterocycles. The monoisotopic (exact) mass is 309 g/mol. The molecule has 0 bridgehead atoms. The van der Waals surface area contributed by atoms with Crippen LogP contribution in [-0.2, 0) is 23.1 Å². The first kappa shape index (κ1) is 15.2. The average Bonchev–Trinajstić information content (AvgIpc) is 3.00. The molecule has 2 aliphatic rings. The lowest BCUT2D eigenvalue weighted by Crippen LogP contribution is -2.50. The SMILES string of the molecule is CCNC(=O)C12CCOCC1CN(Cc1nn(C)c(=O)[nH]1)C2. The Balaban J connectivity index is 1.76. The molecular weight excluding hydrogens is 286 g/mol. The number of hydrogen-bond donors (Lipinski definition) is 2. The molecule has 1 aromatic heterocycles. The summed E-state index contributed by atoms with van der Waals surface area (Å²) < 4.78 is 6.87. The number of amides is 1. The predicted octanol–water partition coefficient (Wildman–Crippen LogP) is -0.917. The summed E-state index contributed by atoms with van der Waals surface area (Å²) >= 11 is 0. The van der Waals surface area contributed by atoms with Crippen molar-refractivity contribution in [3.63, 3.8) is 0 Å². The fourth-order valence-electron chi connectivity index (χ4n) is 3.62. The van der Waals surface area contributed by atoms with Gasteiger partial charge in [-0.3, -0.25) is 14.7 Å². The van der Waals surface area contributed by atoms with Crippen LogP contribution in [-0.4, -0.2) is 58.4 Å². The number of aromatic amines is 1. The van der Waals surface area contributed by atoms with E-state index < -0.39 is 0 Å². The van der Waals surface area contributed by atoms with Crippen molar-refractivity contribution < 1.29 is 9.53 Å². The Hall–Kier alpha value is -1.67. The molecular formula is C14H23N5O3. The number of aromatic nitrogens is 3. The summed E-state index contributed by atoms with van der Waals surface area (Å²) in [4.78, 5) is 29.0. The summed E-state index contributed by atoms with van der Waals surface area (Å²) in [6, 6.07) is 0. The molecule has 0 spiro atoms. The minimum absolute atomic E-state index is 0.125. The third kappa shape index (κ3) is 2.56. The van der Waals surface area contributed by atoms with Crippen LogP contribution in [0.4, 0.5) is 0 Å². The maximum atomic E-state index is 12.6. The molecule has 2 atom stereocenters. The summed E-state index contributed by atoms with van der Waals surface area (Å²) in [6.45, 7) is 5.85. The molecule has 122 valence electrons. The van der Waals surface area contributed by atoms with Gasteiger partial charge in [0.15, 0.2) is 0 Å². The summed E-state index contributed by atoms with van der Waals surface area (Å²) in [5.74, 6) is 0.960. The first-order chi connectivity index (χ1) is 10.5. The van der Waals surface area contributed by atoms with Gasteiger partial charge in [-0.1, -0.05) is 0 Å². The normalized spacial score (nSPS) is 28.5. The number of carbonyl (C=O) groups excluding carboxylic acids is 1. The van der Waals surface area contributed by atoms with E-state index in [0.717, 1.165) is 13.0 Å². The van der Waals surface area contributed by atoms with E-state index in [4.69, 9.17) is 4.74 Å². The lowest BCUT2D eigenvalue weighted by Gasteiger charge is -2.36. The van der Waals surface area contributed by atoms with Crippen LogP contribution in [0.5, 0.6) is 0 Å². The van der Waals surface area contributed by atoms with Gasteiger partial charge in [0, 0.05) is 39.2 Å². The van der Waals surface area contributed by atoms with Crippen molar-refractivity contribution in [2.75, 3.05) is 32.8 Å². The van der Waals surface area contributed by atoms with Crippen LogP contribution in [0.3, 0.4) is 0 Å². The topological polar surface area (TPSA) is 92.2 Å². The number of rotatable bonds is 4. The Morgan fingerprint density at radius 3 is 3.09 bits per heavy atom. The second kappa shape index (κ2) is 5.85. The van der Waals surface area contributed by atoms with Gasteiger partial charge >= 0.3 is 5.69 Å². The highest BCUT2D eigenvalue weighted by Crippen LogP contribution is 2.42. The largest absolute Gasteiger partial charge is 0.381 e. The fourth-order valence-corrected chi connectivity index (χ4v) is 3.62. The van der Waals surface area contributed by atoms with E-state index in [2.05, 4.69) is 20.3 Å². The molecule has 0 saturated carbocycles. The maximum absolute atomic E-state index is 12.6. The van der Waals surface area contributed by atoms with Crippen molar-refractivity contribution in [2.24, 2.45) is 18.4 Å². The minimum Gasteiger partial charge on any atom is -0.381 e. The van der Waals surface area contributed by atoms with Gasteiger partial charge in [0.25, 0.3) is 0 Å². The molecule has 3 rings (SSSR count). The van der Waals surface area contributed by atoms with E-state index in [9.17, 15) is 9.59 Å². The summed E-state index contributed by atoms with van der Waals surface area (Å²) in [6.07, 6.45) is 0.749. The second-order valence-electron chi connectivity index (χ2n) is 6.21. The van der Waals surface area contributed by atoms with E-state index in [1.54, 1.807) is 7.05 Å². The van der Waals surface area contributed by atoms with Gasteiger partial charge < -0.3 is 10.1 Å². The first-order valence-corrected chi connectivity index (χ1v) is 7.76. The summed E-state index contributed by atoms with van der Waals surface area (Å²) in [5, 5.41) is 7.15. The van der Waals surface area contributed by atoms with E-state index in [0.29, 0.717) is 38.7 Å². The lowest BCUT2D eigenvalue weighted by molar-refractivity contribution is -0.139. The highest BCUT2D eigenvalue weighted by atomic mass is 16.5. The molecule has 8 heteroatoms. The number of carbonyl (C=O) groups is 1. The standard InChI is InChI=1S/C14H23N5O3/c1-3-15-12(20)14-4-5-22-8-10(14)6-19(9-14)7-11-16-13(21)18(2)17-11/h10H,3-9H2,1-2H3,(H,15,20)(H,16,17,21). The Labute approximate surface area is 128 Å². The Morgan fingerprint density at radius 2 is 2.41 bits per heavy atom. The highest BCUT2D eigenvalue weighted by molar-refractivity contribution is 5.83. The van der Waals surface area contributed by atoms with Gasteiger partial charge in [0.05, 0.1) is 18.6 Å². The van der Waals surface area contributed by atoms with Crippen molar-refractivity contribution >= 4 is 5.91 Å². The van der Waals surface area contributed by atoms with Crippen LogP contribution in [0.2, 0.25) is 0 Å². The van der Waals surface area contributed by atoms with E-state index >= 15 is 0 Å².